The maximum absolute atomic E-state index is 4.13. The fraction of sp³-hybridized carbons (Fsp3) is 0.312. The monoisotopic (exact) mass is 318 g/mol. The predicted molar refractivity (Wildman–Crippen MR) is 83.0 cm³/mol. The maximum atomic E-state index is 4.13. The van der Waals surface area contributed by atoms with Crippen molar-refractivity contribution in [2.75, 3.05) is 0 Å². The van der Waals surface area contributed by atoms with Crippen LogP contribution in [-0.4, -0.2) is 4.98 Å². The van der Waals surface area contributed by atoms with E-state index in [1.54, 1.807) is 0 Å². The van der Waals surface area contributed by atoms with Crippen molar-refractivity contribution >= 4 is 15.9 Å². The number of nitrogens with zero attached hydrogens (tertiary/aromatic N) is 1. The van der Waals surface area contributed by atoms with Crippen molar-refractivity contribution in [3.8, 4) is 0 Å². The molecule has 1 N–H and O–H groups in total. The van der Waals surface area contributed by atoms with Crippen LogP contribution in [0.3, 0.4) is 0 Å². The molecule has 1 unspecified atom stereocenters. The van der Waals surface area contributed by atoms with E-state index in [9.17, 15) is 0 Å². The molecule has 0 saturated heterocycles. The van der Waals surface area contributed by atoms with Gasteiger partial charge in [0, 0.05) is 29.5 Å². The molecule has 0 saturated carbocycles. The second-order valence-corrected chi connectivity index (χ2v) is 5.61. The van der Waals surface area contributed by atoms with Crippen molar-refractivity contribution < 1.29 is 0 Å². The van der Waals surface area contributed by atoms with Crippen LogP contribution in [0.2, 0.25) is 0 Å². The summed E-state index contributed by atoms with van der Waals surface area (Å²) in [7, 11) is 0. The highest BCUT2D eigenvalue weighted by Gasteiger charge is 2.09. The molecule has 0 aliphatic carbocycles. The minimum absolute atomic E-state index is 0.390. The lowest BCUT2D eigenvalue weighted by atomic mass is 10.0. The molecule has 3 heteroatoms. The first-order valence-corrected chi connectivity index (χ1v) is 7.38. The molecule has 0 aliphatic heterocycles. The molecule has 0 radical (unpaired) electrons. The Morgan fingerprint density at radius 1 is 1.21 bits per heavy atom. The Morgan fingerprint density at radius 3 is 2.58 bits per heavy atom. The summed E-state index contributed by atoms with van der Waals surface area (Å²) in [5.41, 5.74) is 3.88. The van der Waals surface area contributed by atoms with Gasteiger partial charge in [-0.15, -0.1) is 0 Å². The number of hydrogen-bond acceptors (Lipinski definition) is 2. The van der Waals surface area contributed by atoms with Gasteiger partial charge in [0.15, 0.2) is 0 Å². The van der Waals surface area contributed by atoms with Gasteiger partial charge in [-0.05, 0) is 48.2 Å². The highest BCUT2D eigenvalue weighted by atomic mass is 79.9. The molecular formula is C16H19BrN2. The second kappa shape index (κ2) is 6.83. The number of pyridine rings is 1. The Bertz CT molecular complexity index is 523. The minimum atomic E-state index is 0.390. The number of rotatable bonds is 5. The Hall–Kier alpha value is -1.19. The van der Waals surface area contributed by atoms with E-state index in [4.69, 9.17) is 0 Å². The number of aromatic nitrogens is 1. The van der Waals surface area contributed by atoms with Gasteiger partial charge in [0.2, 0.25) is 0 Å². The number of hydrogen-bond donors (Lipinski definition) is 1. The fourth-order valence-corrected chi connectivity index (χ4v) is 2.39. The molecule has 0 fully saturated rings. The summed E-state index contributed by atoms with van der Waals surface area (Å²) in [6.45, 7) is 5.19. The summed E-state index contributed by atoms with van der Waals surface area (Å²) in [5, 5.41) is 3.62. The molecule has 2 nitrogen and oxygen atoms in total. The number of nitrogens with one attached hydrogen (secondary N) is 1. The van der Waals surface area contributed by atoms with Gasteiger partial charge in [0.25, 0.3) is 0 Å². The van der Waals surface area contributed by atoms with Crippen molar-refractivity contribution in [3.63, 3.8) is 0 Å². The predicted octanol–water partition coefficient (Wildman–Crippen LogP) is 4.39. The first kappa shape index (κ1) is 14.2. The molecule has 0 bridgehead atoms. The standard InChI is InChI=1S/C16H19BrN2/c1-3-16(13-4-6-15(17)7-5-13)19-11-14-8-9-18-10-12(14)2/h4-10,16,19H,3,11H2,1-2H3. The Morgan fingerprint density at radius 2 is 1.95 bits per heavy atom. The Kier molecular flexibility index (Phi) is 5.11. The highest BCUT2D eigenvalue weighted by molar-refractivity contribution is 9.10. The number of halogens is 1. The van der Waals surface area contributed by atoms with E-state index >= 15 is 0 Å². The summed E-state index contributed by atoms with van der Waals surface area (Å²) in [4.78, 5) is 4.13. The van der Waals surface area contributed by atoms with Crippen LogP contribution in [-0.2, 0) is 6.54 Å². The molecule has 0 spiro atoms. The van der Waals surface area contributed by atoms with Gasteiger partial charge in [0.1, 0.15) is 0 Å². The van der Waals surface area contributed by atoms with Crippen LogP contribution >= 0.6 is 15.9 Å². The zero-order valence-electron chi connectivity index (χ0n) is 11.4. The fourth-order valence-electron chi connectivity index (χ4n) is 2.13. The van der Waals surface area contributed by atoms with Gasteiger partial charge < -0.3 is 5.32 Å². The average molecular weight is 319 g/mol. The smallest absolute Gasteiger partial charge is 0.0320 e. The first-order valence-electron chi connectivity index (χ1n) is 6.59. The van der Waals surface area contributed by atoms with Crippen LogP contribution in [0, 0.1) is 6.92 Å². The summed E-state index contributed by atoms with van der Waals surface area (Å²) < 4.78 is 1.12. The molecule has 0 amide bonds. The SMILES string of the molecule is CCC(NCc1ccncc1C)c1ccc(Br)cc1. The van der Waals surface area contributed by atoms with E-state index in [0.717, 1.165) is 17.4 Å². The highest BCUT2D eigenvalue weighted by Crippen LogP contribution is 2.20. The van der Waals surface area contributed by atoms with Gasteiger partial charge in [-0.3, -0.25) is 4.98 Å². The van der Waals surface area contributed by atoms with E-state index in [-0.39, 0.29) is 0 Å². The first-order chi connectivity index (χ1) is 9.20. The lowest BCUT2D eigenvalue weighted by Crippen LogP contribution is -2.20. The quantitative estimate of drug-likeness (QED) is 0.884. The molecule has 19 heavy (non-hydrogen) atoms. The third-order valence-corrected chi connectivity index (χ3v) is 3.88. The number of benzene rings is 1. The number of aryl methyl sites for hydroxylation is 1. The van der Waals surface area contributed by atoms with E-state index in [1.165, 1.54) is 16.7 Å². The molecule has 100 valence electrons. The summed E-state index contributed by atoms with van der Waals surface area (Å²) in [6, 6.07) is 11.0. The third kappa shape index (κ3) is 3.88. The van der Waals surface area contributed by atoms with E-state index < -0.39 is 0 Å². The van der Waals surface area contributed by atoms with Crippen LogP contribution in [0.4, 0.5) is 0 Å². The summed E-state index contributed by atoms with van der Waals surface area (Å²) >= 11 is 3.47. The van der Waals surface area contributed by atoms with Gasteiger partial charge in [0.05, 0.1) is 0 Å². The molecule has 1 heterocycles. The van der Waals surface area contributed by atoms with E-state index in [2.05, 4.69) is 70.4 Å². The zero-order chi connectivity index (χ0) is 13.7. The maximum Gasteiger partial charge on any atom is 0.0320 e. The van der Waals surface area contributed by atoms with Crippen LogP contribution in [0.1, 0.15) is 36.1 Å². The van der Waals surface area contributed by atoms with Crippen LogP contribution < -0.4 is 5.32 Å². The van der Waals surface area contributed by atoms with Crippen LogP contribution in [0.15, 0.2) is 47.2 Å². The third-order valence-electron chi connectivity index (χ3n) is 3.36. The van der Waals surface area contributed by atoms with E-state index in [1.807, 2.05) is 12.4 Å². The van der Waals surface area contributed by atoms with Crippen molar-refractivity contribution in [2.24, 2.45) is 0 Å². The Balaban J connectivity index is 2.04. The van der Waals surface area contributed by atoms with Crippen LogP contribution in [0.5, 0.6) is 0 Å². The molecule has 1 atom stereocenters. The lowest BCUT2D eigenvalue weighted by Gasteiger charge is -2.18. The average Bonchev–Trinajstić information content (AvgIpc) is 2.43. The largest absolute Gasteiger partial charge is 0.306 e. The van der Waals surface area contributed by atoms with Crippen molar-refractivity contribution in [2.45, 2.75) is 32.9 Å². The van der Waals surface area contributed by atoms with Crippen molar-refractivity contribution in [1.82, 2.24) is 10.3 Å². The molecule has 0 aliphatic rings. The normalized spacial score (nSPS) is 12.4. The van der Waals surface area contributed by atoms with Gasteiger partial charge >= 0.3 is 0 Å². The molecule has 1 aromatic heterocycles. The summed E-state index contributed by atoms with van der Waals surface area (Å²) in [5.74, 6) is 0. The van der Waals surface area contributed by atoms with Gasteiger partial charge in [-0.2, -0.15) is 0 Å². The van der Waals surface area contributed by atoms with Gasteiger partial charge in [-0.25, -0.2) is 0 Å². The molecular weight excluding hydrogens is 300 g/mol. The van der Waals surface area contributed by atoms with Gasteiger partial charge in [-0.1, -0.05) is 35.0 Å². The molecule has 2 rings (SSSR count). The van der Waals surface area contributed by atoms with E-state index in [0.29, 0.717) is 6.04 Å². The van der Waals surface area contributed by atoms with Crippen LogP contribution in [0.25, 0.3) is 0 Å². The summed E-state index contributed by atoms with van der Waals surface area (Å²) in [6.07, 6.45) is 4.84. The minimum Gasteiger partial charge on any atom is -0.306 e. The zero-order valence-corrected chi connectivity index (χ0v) is 12.9. The molecule has 1 aromatic carbocycles. The lowest BCUT2D eigenvalue weighted by molar-refractivity contribution is 0.518. The second-order valence-electron chi connectivity index (χ2n) is 4.70. The molecule has 2 aromatic rings. The van der Waals surface area contributed by atoms with Crippen molar-refractivity contribution in [3.05, 3.63) is 63.9 Å². The van der Waals surface area contributed by atoms with Crippen molar-refractivity contribution in [1.29, 1.82) is 0 Å². The Labute approximate surface area is 123 Å². The topological polar surface area (TPSA) is 24.9 Å².